The number of hydrogen-bond acceptors (Lipinski definition) is 8. The molecule has 1 aromatic carbocycles. The van der Waals surface area contributed by atoms with E-state index in [1.165, 1.54) is 0 Å². The highest BCUT2D eigenvalue weighted by molar-refractivity contribution is 5.88. The smallest absolute Gasteiger partial charge is 0.345 e. The third-order valence-corrected chi connectivity index (χ3v) is 5.27. The molecular weight excluding hydrogens is 380 g/mol. The summed E-state index contributed by atoms with van der Waals surface area (Å²) >= 11 is 0. The van der Waals surface area contributed by atoms with Crippen LogP contribution in [0.1, 0.15) is 5.56 Å². The van der Waals surface area contributed by atoms with Gasteiger partial charge in [0.15, 0.2) is 6.29 Å². The molecule has 2 unspecified atom stereocenters. The van der Waals surface area contributed by atoms with E-state index >= 15 is 0 Å². The van der Waals surface area contributed by atoms with E-state index in [1.54, 1.807) is 36.5 Å². The number of benzene rings is 1. The lowest BCUT2D eigenvalue weighted by atomic mass is 9.96. The maximum atomic E-state index is 12.5. The van der Waals surface area contributed by atoms with Gasteiger partial charge in [-0.2, -0.15) is 0 Å². The number of aryl methyl sites for hydroxylation is 1. The summed E-state index contributed by atoms with van der Waals surface area (Å²) in [5, 5.41) is 43.2. The zero-order valence-electron chi connectivity index (χ0n) is 15.6. The average Bonchev–Trinajstić information content (AvgIpc) is 3.22. The molecule has 1 aliphatic heterocycles. The van der Waals surface area contributed by atoms with Gasteiger partial charge in [-0.25, -0.2) is 4.79 Å². The van der Waals surface area contributed by atoms with Gasteiger partial charge in [-0.1, -0.05) is 0 Å². The number of ether oxygens (including phenoxy) is 1. The summed E-state index contributed by atoms with van der Waals surface area (Å²) < 4.78 is 10.6. The number of nitrogens with one attached hydrogen (secondary N) is 2. The van der Waals surface area contributed by atoms with Crippen LogP contribution in [0.4, 0.5) is 5.69 Å². The van der Waals surface area contributed by atoms with Crippen molar-refractivity contribution in [2.75, 3.05) is 11.9 Å². The molecule has 154 valence electrons. The van der Waals surface area contributed by atoms with Gasteiger partial charge in [0.05, 0.1) is 17.9 Å². The number of H-pyrrole nitrogens is 1. The zero-order valence-corrected chi connectivity index (χ0v) is 15.6. The maximum absolute atomic E-state index is 12.5. The molecule has 6 N–H and O–H groups in total. The first-order chi connectivity index (χ1) is 13.9. The minimum atomic E-state index is -1.45. The largest absolute Gasteiger partial charge is 0.422 e. The Kier molecular flexibility index (Phi) is 5.15. The number of anilines is 1. The Morgan fingerprint density at radius 2 is 1.97 bits per heavy atom. The zero-order chi connectivity index (χ0) is 20.7. The number of fused-ring (bicyclic) bond motifs is 1. The summed E-state index contributed by atoms with van der Waals surface area (Å²) in [7, 11) is 0. The predicted molar refractivity (Wildman–Crippen MR) is 104 cm³/mol. The summed E-state index contributed by atoms with van der Waals surface area (Å²) in [5.41, 5.74) is 2.17. The fourth-order valence-corrected chi connectivity index (χ4v) is 3.69. The number of rotatable bonds is 4. The molecule has 0 bridgehead atoms. The molecule has 0 spiro atoms. The van der Waals surface area contributed by atoms with Crippen molar-refractivity contribution < 1.29 is 29.6 Å². The average molecular weight is 402 g/mol. The fourth-order valence-electron chi connectivity index (χ4n) is 3.69. The Morgan fingerprint density at radius 3 is 2.66 bits per heavy atom. The van der Waals surface area contributed by atoms with E-state index in [-0.39, 0.29) is 0 Å². The van der Waals surface area contributed by atoms with Crippen molar-refractivity contribution in [1.82, 2.24) is 4.98 Å². The van der Waals surface area contributed by atoms with Crippen LogP contribution in [0.15, 0.2) is 45.7 Å². The minimum Gasteiger partial charge on any atom is -0.422 e. The lowest BCUT2D eigenvalue weighted by Gasteiger charge is -2.40. The number of hydrogen-bond donors (Lipinski definition) is 6. The van der Waals surface area contributed by atoms with Crippen LogP contribution >= 0.6 is 0 Å². The third kappa shape index (κ3) is 3.43. The SMILES string of the molecule is Cc1c(-c2ccc[nH]2)c(=O)oc2cc(NC3[C@@H](O)OC(CO)[C@H](O)[C@H]3O)ccc12. The first kappa shape index (κ1) is 19.6. The second-order valence-corrected chi connectivity index (χ2v) is 7.08. The third-order valence-electron chi connectivity index (χ3n) is 5.27. The highest BCUT2D eigenvalue weighted by atomic mass is 16.6. The topological polar surface area (TPSA) is 148 Å². The van der Waals surface area contributed by atoms with E-state index in [1.807, 2.05) is 6.92 Å². The Hall–Kier alpha value is -2.69. The van der Waals surface area contributed by atoms with Gasteiger partial charge < -0.3 is 39.9 Å². The number of aliphatic hydroxyl groups is 4. The van der Waals surface area contributed by atoms with Crippen LogP contribution in [0.3, 0.4) is 0 Å². The van der Waals surface area contributed by atoms with Crippen LogP contribution in [0.5, 0.6) is 0 Å². The van der Waals surface area contributed by atoms with Gasteiger partial charge in [0.1, 0.15) is 29.9 Å². The predicted octanol–water partition coefficient (Wildman–Crippen LogP) is 0.308. The van der Waals surface area contributed by atoms with Crippen molar-refractivity contribution in [1.29, 1.82) is 0 Å². The standard InChI is InChI=1S/C20H22N2O7/c1-9-11-5-4-10(22-16-18(25)17(24)14(8-23)29-20(16)27)7-13(11)28-19(26)15(9)12-3-2-6-21-12/h2-7,14,16-18,20-25,27H,8H2,1H3/t14?,16?,17-,18-,20-/m0/s1. The lowest BCUT2D eigenvalue weighted by molar-refractivity contribution is -0.245. The highest BCUT2D eigenvalue weighted by Crippen LogP contribution is 2.29. The van der Waals surface area contributed by atoms with E-state index in [2.05, 4.69) is 10.3 Å². The maximum Gasteiger partial charge on any atom is 0.345 e. The summed E-state index contributed by atoms with van der Waals surface area (Å²) in [6, 6.07) is 7.58. The van der Waals surface area contributed by atoms with Gasteiger partial charge in [-0.3, -0.25) is 0 Å². The summed E-state index contributed by atoms with van der Waals surface area (Å²) in [5.74, 6) is 0. The minimum absolute atomic E-state index is 0.335. The van der Waals surface area contributed by atoms with Gasteiger partial charge in [0.2, 0.25) is 0 Å². The molecule has 4 rings (SSSR count). The first-order valence-corrected chi connectivity index (χ1v) is 9.19. The molecule has 1 fully saturated rings. The van der Waals surface area contributed by atoms with Gasteiger partial charge in [-0.15, -0.1) is 0 Å². The molecule has 3 heterocycles. The highest BCUT2D eigenvalue weighted by Gasteiger charge is 2.43. The monoisotopic (exact) mass is 402 g/mol. The second kappa shape index (κ2) is 7.62. The molecule has 0 radical (unpaired) electrons. The molecule has 5 atom stereocenters. The number of aromatic amines is 1. The Morgan fingerprint density at radius 1 is 1.17 bits per heavy atom. The number of aromatic nitrogens is 1. The Labute approximate surface area is 165 Å². The van der Waals surface area contributed by atoms with Crippen molar-refractivity contribution in [2.45, 2.75) is 37.6 Å². The van der Waals surface area contributed by atoms with Crippen molar-refractivity contribution in [2.24, 2.45) is 0 Å². The summed E-state index contributed by atoms with van der Waals surface area (Å²) in [6.45, 7) is 1.29. The van der Waals surface area contributed by atoms with E-state index in [0.29, 0.717) is 22.5 Å². The molecule has 9 heteroatoms. The molecule has 2 aromatic heterocycles. The molecule has 3 aromatic rings. The molecule has 29 heavy (non-hydrogen) atoms. The van der Waals surface area contributed by atoms with Gasteiger partial charge >= 0.3 is 5.63 Å². The van der Waals surface area contributed by atoms with Crippen LogP contribution < -0.4 is 10.9 Å². The van der Waals surface area contributed by atoms with E-state index in [9.17, 15) is 20.1 Å². The van der Waals surface area contributed by atoms with Crippen LogP contribution in [0.25, 0.3) is 22.2 Å². The first-order valence-electron chi connectivity index (χ1n) is 9.19. The summed E-state index contributed by atoms with van der Waals surface area (Å²) in [6.07, 6.45) is -3.56. The van der Waals surface area contributed by atoms with E-state index in [0.717, 1.165) is 10.9 Å². The van der Waals surface area contributed by atoms with E-state index in [4.69, 9.17) is 14.3 Å². The summed E-state index contributed by atoms with van der Waals surface area (Å²) in [4.78, 5) is 15.5. The van der Waals surface area contributed by atoms with Crippen LogP contribution in [-0.4, -0.2) is 62.7 Å². The quantitative estimate of drug-likeness (QED) is 0.342. The molecule has 0 amide bonds. The van der Waals surface area contributed by atoms with Crippen molar-refractivity contribution >= 4 is 16.7 Å². The molecule has 9 nitrogen and oxygen atoms in total. The Balaban J connectivity index is 1.66. The van der Waals surface area contributed by atoms with Gasteiger partial charge in [0, 0.05) is 23.3 Å². The Bertz CT molecular complexity index is 1060. The lowest BCUT2D eigenvalue weighted by Crippen LogP contribution is -2.61. The van der Waals surface area contributed by atoms with Crippen molar-refractivity contribution in [3.8, 4) is 11.3 Å². The second-order valence-electron chi connectivity index (χ2n) is 7.08. The van der Waals surface area contributed by atoms with Gasteiger partial charge in [-0.05, 0) is 36.8 Å². The molecule has 1 aliphatic rings. The van der Waals surface area contributed by atoms with Crippen LogP contribution in [-0.2, 0) is 4.74 Å². The van der Waals surface area contributed by atoms with E-state index < -0.39 is 42.9 Å². The molecular formula is C20H22N2O7. The molecule has 1 saturated heterocycles. The van der Waals surface area contributed by atoms with Crippen LogP contribution in [0.2, 0.25) is 0 Å². The van der Waals surface area contributed by atoms with Gasteiger partial charge in [0.25, 0.3) is 0 Å². The van der Waals surface area contributed by atoms with Crippen LogP contribution in [0, 0.1) is 6.92 Å². The van der Waals surface area contributed by atoms with Crippen molar-refractivity contribution in [3.05, 3.63) is 52.5 Å². The van der Waals surface area contributed by atoms with Crippen molar-refractivity contribution in [3.63, 3.8) is 0 Å². The fraction of sp³-hybridized carbons (Fsp3) is 0.350. The normalized spacial score (nSPS) is 27.3. The molecule has 0 saturated carbocycles. The number of aliphatic hydroxyl groups excluding tert-OH is 4. The molecule has 0 aliphatic carbocycles.